The number of carbonyl (C=O) groups is 3. The van der Waals surface area contributed by atoms with Crippen molar-refractivity contribution >= 4 is 29.5 Å². The molecule has 1 unspecified atom stereocenters. The third kappa shape index (κ3) is 3.77. The molecule has 2 heterocycles. The van der Waals surface area contributed by atoms with Gasteiger partial charge in [-0.3, -0.25) is 19.3 Å². The molecule has 0 aromatic heterocycles. The van der Waals surface area contributed by atoms with E-state index in [0.29, 0.717) is 24.4 Å². The van der Waals surface area contributed by atoms with Crippen LogP contribution in [0, 0.1) is 0 Å². The summed E-state index contributed by atoms with van der Waals surface area (Å²) < 4.78 is 5.36. The number of likely N-dealkylation sites (tertiary alicyclic amines) is 1. The Labute approximate surface area is 175 Å². The van der Waals surface area contributed by atoms with Crippen LogP contribution in [0.15, 0.2) is 24.3 Å². The molecule has 156 valence electrons. The zero-order valence-electron chi connectivity index (χ0n) is 16.9. The van der Waals surface area contributed by atoms with Crippen LogP contribution in [0.25, 0.3) is 0 Å². The van der Waals surface area contributed by atoms with Gasteiger partial charge in [-0.15, -0.1) is 0 Å². The summed E-state index contributed by atoms with van der Waals surface area (Å²) in [5.74, 6) is 2.07. The van der Waals surface area contributed by atoms with Crippen molar-refractivity contribution in [3.05, 3.63) is 29.8 Å². The minimum absolute atomic E-state index is 0.0241. The topological polar surface area (TPSA) is 66.9 Å². The van der Waals surface area contributed by atoms with Crippen molar-refractivity contribution in [2.75, 3.05) is 31.7 Å². The maximum atomic E-state index is 13.7. The molecule has 2 aliphatic heterocycles. The summed E-state index contributed by atoms with van der Waals surface area (Å²) in [7, 11) is 1.58. The molecule has 0 radical (unpaired) electrons. The lowest BCUT2D eigenvalue weighted by Gasteiger charge is -2.33. The Morgan fingerprint density at radius 2 is 1.93 bits per heavy atom. The molecule has 1 saturated carbocycles. The summed E-state index contributed by atoms with van der Waals surface area (Å²) in [5.41, 5.74) is -0.425. The molecule has 6 nitrogen and oxygen atoms in total. The predicted octanol–water partition coefficient (Wildman–Crippen LogP) is 2.60. The number of ether oxygens (including phenoxy) is 1. The second kappa shape index (κ2) is 8.38. The summed E-state index contributed by atoms with van der Waals surface area (Å²) in [6.07, 6.45) is 3.91. The van der Waals surface area contributed by atoms with Crippen LogP contribution >= 0.6 is 11.8 Å². The first kappa shape index (κ1) is 20.3. The molecular weight excluding hydrogens is 388 g/mol. The van der Waals surface area contributed by atoms with Gasteiger partial charge in [-0.1, -0.05) is 25.0 Å². The largest absolute Gasteiger partial charge is 0.497 e. The standard InChI is InChI=1S/C22H28N2O4S/c1-28-18-8-4-5-16(13-18)22(14-19(25)23-9-11-29-12-10-23)15-20(26)24(21(22)27)17-6-2-3-7-17/h4-5,8,13,17H,2-3,6-7,9-12,14-15H2,1H3. The van der Waals surface area contributed by atoms with Crippen LogP contribution in [-0.4, -0.2) is 65.3 Å². The molecule has 0 spiro atoms. The first-order valence-corrected chi connectivity index (χ1v) is 11.6. The summed E-state index contributed by atoms with van der Waals surface area (Å²) in [5, 5.41) is 0. The highest BCUT2D eigenvalue weighted by Gasteiger charge is 2.56. The Morgan fingerprint density at radius 3 is 2.62 bits per heavy atom. The highest BCUT2D eigenvalue weighted by Crippen LogP contribution is 2.44. The van der Waals surface area contributed by atoms with E-state index in [0.717, 1.165) is 37.2 Å². The Hall–Kier alpha value is -2.02. The molecule has 3 fully saturated rings. The van der Waals surface area contributed by atoms with E-state index >= 15 is 0 Å². The number of thioether (sulfide) groups is 1. The van der Waals surface area contributed by atoms with Crippen LogP contribution in [0.2, 0.25) is 0 Å². The number of carbonyl (C=O) groups excluding carboxylic acids is 3. The second-order valence-electron chi connectivity index (χ2n) is 8.17. The molecule has 29 heavy (non-hydrogen) atoms. The van der Waals surface area contributed by atoms with Crippen LogP contribution in [0.3, 0.4) is 0 Å². The van der Waals surface area contributed by atoms with Crippen molar-refractivity contribution in [3.8, 4) is 5.75 Å². The van der Waals surface area contributed by atoms with Crippen molar-refractivity contribution in [2.24, 2.45) is 0 Å². The summed E-state index contributed by atoms with van der Waals surface area (Å²) in [4.78, 5) is 43.2. The van der Waals surface area contributed by atoms with Crippen LogP contribution in [0.5, 0.6) is 5.75 Å². The quantitative estimate of drug-likeness (QED) is 0.691. The van der Waals surface area contributed by atoms with E-state index < -0.39 is 5.41 Å². The molecule has 1 atom stereocenters. The third-order valence-corrected chi connectivity index (χ3v) is 7.42. The Kier molecular flexibility index (Phi) is 5.86. The normalized spacial score (nSPS) is 25.7. The zero-order chi connectivity index (χ0) is 20.4. The summed E-state index contributed by atoms with van der Waals surface area (Å²) in [6, 6.07) is 7.28. The van der Waals surface area contributed by atoms with Gasteiger partial charge < -0.3 is 9.64 Å². The smallest absolute Gasteiger partial charge is 0.241 e. The van der Waals surface area contributed by atoms with Gasteiger partial charge in [-0.25, -0.2) is 0 Å². The minimum atomic E-state index is -1.13. The number of amides is 3. The first-order valence-electron chi connectivity index (χ1n) is 10.4. The molecule has 1 aliphatic carbocycles. The molecule has 0 N–H and O–H groups in total. The average molecular weight is 417 g/mol. The second-order valence-corrected chi connectivity index (χ2v) is 9.39. The Bertz CT molecular complexity index is 802. The van der Waals surface area contributed by atoms with Crippen LogP contribution in [0.4, 0.5) is 0 Å². The number of nitrogens with zero attached hydrogens (tertiary/aromatic N) is 2. The number of benzene rings is 1. The van der Waals surface area contributed by atoms with E-state index in [1.54, 1.807) is 7.11 Å². The lowest BCUT2D eigenvalue weighted by Crippen LogP contribution is -2.47. The maximum absolute atomic E-state index is 13.7. The van der Waals surface area contributed by atoms with Crippen molar-refractivity contribution < 1.29 is 19.1 Å². The average Bonchev–Trinajstić information content (AvgIpc) is 3.35. The van der Waals surface area contributed by atoms with E-state index in [4.69, 9.17) is 4.74 Å². The van der Waals surface area contributed by atoms with Crippen molar-refractivity contribution in [2.45, 2.75) is 50.0 Å². The monoisotopic (exact) mass is 416 g/mol. The van der Waals surface area contributed by atoms with Crippen molar-refractivity contribution in [1.82, 2.24) is 9.80 Å². The fourth-order valence-electron chi connectivity index (χ4n) is 4.86. The number of methoxy groups -OCH3 is 1. The lowest BCUT2D eigenvalue weighted by atomic mass is 9.75. The molecule has 4 rings (SSSR count). The van der Waals surface area contributed by atoms with Crippen molar-refractivity contribution in [1.29, 1.82) is 0 Å². The third-order valence-electron chi connectivity index (χ3n) is 6.48. The van der Waals surface area contributed by atoms with Gasteiger partial charge in [-0.2, -0.15) is 11.8 Å². The molecule has 7 heteroatoms. The first-order chi connectivity index (χ1) is 14.0. The highest BCUT2D eigenvalue weighted by molar-refractivity contribution is 7.99. The van der Waals surface area contributed by atoms with Gasteiger partial charge in [0.05, 0.1) is 12.5 Å². The minimum Gasteiger partial charge on any atom is -0.497 e. The predicted molar refractivity (Wildman–Crippen MR) is 112 cm³/mol. The van der Waals surface area contributed by atoms with Crippen LogP contribution < -0.4 is 4.74 Å². The number of hydrogen-bond donors (Lipinski definition) is 0. The molecule has 3 amide bonds. The van der Waals surface area contributed by atoms with Gasteiger partial charge in [0.25, 0.3) is 0 Å². The van der Waals surface area contributed by atoms with Gasteiger partial charge in [-0.05, 0) is 30.5 Å². The lowest BCUT2D eigenvalue weighted by molar-refractivity contribution is -0.144. The fraction of sp³-hybridized carbons (Fsp3) is 0.591. The summed E-state index contributed by atoms with van der Waals surface area (Å²) >= 11 is 1.84. The van der Waals surface area contributed by atoms with Crippen LogP contribution in [0.1, 0.15) is 44.1 Å². The number of imide groups is 1. The van der Waals surface area contributed by atoms with Gasteiger partial charge in [0.15, 0.2) is 0 Å². The van der Waals surface area contributed by atoms with E-state index in [2.05, 4.69) is 0 Å². The molecule has 2 saturated heterocycles. The molecule has 1 aromatic rings. The van der Waals surface area contributed by atoms with Crippen molar-refractivity contribution in [3.63, 3.8) is 0 Å². The van der Waals surface area contributed by atoms with E-state index in [-0.39, 0.29) is 36.6 Å². The Balaban J connectivity index is 1.70. The van der Waals surface area contributed by atoms with Gasteiger partial charge in [0.1, 0.15) is 5.75 Å². The Morgan fingerprint density at radius 1 is 1.21 bits per heavy atom. The molecule has 1 aromatic carbocycles. The molecule has 0 bridgehead atoms. The zero-order valence-corrected chi connectivity index (χ0v) is 17.7. The van der Waals surface area contributed by atoms with Gasteiger partial charge in [0.2, 0.25) is 17.7 Å². The number of hydrogen-bond acceptors (Lipinski definition) is 5. The SMILES string of the molecule is COc1cccc(C2(CC(=O)N3CCSCC3)CC(=O)N(C3CCCC3)C2=O)c1. The highest BCUT2D eigenvalue weighted by atomic mass is 32.2. The van der Waals surface area contributed by atoms with Gasteiger partial charge >= 0.3 is 0 Å². The summed E-state index contributed by atoms with van der Waals surface area (Å²) in [6.45, 7) is 1.40. The van der Waals surface area contributed by atoms with E-state index in [9.17, 15) is 14.4 Å². The maximum Gasteiger partial charge on any atom is 0.241 e. The van der Waals surface area contributed by atoms with E-state index in [1.165, 1.54) is 4.90 Å². The van der Waals surface area contributed by atoms with E-state index in [1.807, 2.05) is 40.9 Å². The van der Waals surface area contributed by atoms with Crippen LogP contribution in [-0.2, 0) is 19.8 Å². The fourth-order valence-corrected chi connectivity index (χ4v) is 5.77. The molecular formula is C22H28N2O4S. The number of rotatable bonds is 5. The van der Waals surface area contributed by atoms with Gasteiger partial charge in [0, 0.05) is 43.5 Å². The molecule has 3 aliphatic rings.